The summed E-state index contributed by atoms with van der Waals surface area (Å²) in [6, 6.07) is 19.6. The van der Waals surface area contributed by atoms with E-state index in [1.807, 2.05) is 60.0 Å². The van der Waals surface area contributed by atoms with Crippen molar-refractivity contribution in [2.45, 2.75) is 6.54 Å². The molecule has 0 aliphatic carbocycles. The molecule has 1 amide bonds. The molecule has 0 saturated heterocycles. The third-order valence-electron chi connectivity index (χ3n) is 3.79. The monoisotopic (exact) mass is 371 g/mol. The van der Waals surface area contributed by atoms with Gasteiger partial charge in [0.2, 0.25) is 0 Å². The Hall–Kier alpha value is -2.30. The van der Waals surface area contributed by atoms with E-state index in [4.69, 9.17) is 16.3 Å². The fourth-order valence-electron chi connectivity index (χ4n) is 2.40. The van der Waals surface area contributed by atoms with Gasteiger partial charge in [-0.2, -0.15) is 0 Å². The highest BCUT2D eigenvalue weighted by Gasteiger charge is 2.12. The average molecular weight is 372 g/mol. The Morgan fingerprint density at radius 2 is 1.88 bits per heavy atom. The third-order valence-corrected chi connectivity index (χ3v) is 4.95. The van der Waals surface area contributed by atoms with Crippen LogP contribution < -0.4 is 4.74 Å². The molecule has 5 heteroatoms. The number of hydrogen-bond acceptors (Lipinski definition) is 3. The van der Waals surface area contributed by atoms with Gasteiger partial charge in [0.1, 0.15) is 5.75 Å². The van der Waals surface area contributed by atoms with Crippen LogP contribution in [0.2, 0.25) is 5.02 Å². The molecule has 0 bridgehead atoms. The van der Waals surface area contributed by atoms with E-state index in [0.29, 0.717) is 17.3 Å². The summed E-state index contributed by atoms with van der Waals surface area (Å²) in [5.74, 6) is 0.427. The summed E-state index contributed by atoms with van der Waals surface area (Å²) < 4.78 is 5.61. The number of thiophene rings is 1. The minimum Gasteiger partial charge on any atom is -0.482 e. The molecule has 2 aromatic carbocycles. The molecule has 0 atom stereocenters. The molecule has 0 aliphatic heterocycles. The van der Waals surface area contributed by atoms with Crippen molar-refractivity contribution in [3.05, 3.63) is 75.9 Å². The predicted octanol–water partition coefficient (Wildman–Crippen LogP) is 5.11. The highest BCUT2D eigenvalue weighted by Crippen LogP contribution is 2.30. The number of rotatable bonds is 6. The second-order valence-corrected chi connectivity index (χ2v) is 7.07. The van der Waals surface area contributed by atoms with Gasteiger partial charge in [0.05, 0.1) is 11.6 Å². The van der Waals surface area contributed by atoms with Crippen molar-refractivity contribution in [1.29, 1.82) is 0 Å². The Bertz CT molecular complexity index is 834. The molecule has 128 valence electrons. The van der Waals surface area contributed by atoms with Crippen molar-refractivity contribution in [2.24, 2.45) is 0 Å². The summed E-state index contributed by atoms with van der Waals surface area (Å²) in [5.41, 5.74) is 2.10. The Kier molecular flexibility index (Phi) is 5.74. The SMILES string of the molecule is CN(Cc1cccs1)C(=O)COc1ccc(-c2ccccc2)cc1Cl. The smallest absolute Gasteiger partial charge is 0.260 e. The summed E-state index contributed by atoms with van der Waals surface area (Å²) in [6.45, 7) is 0.548. The number of likely N-dealkylation sites (N-methyl/N-ethyl adjacent to an activating group) is 1. The summed E-state index contributed by atoms with van der Waals surface area (Å²) in [4.78, 5) is 15.0. The largest absolute Gasteiger partial charge is 0.482 e. The molecule has 0 fully saturated rings. The van der Waals surface area contributed by atoms with Gasteiger partial charge < -0.3 is 9.64 Å². The fraction of sp³-hybridized carbons (Fsp3) is 0.150. The van der Waals surface area contributed by atoms with Crippen LogP contribution in [0.1, 0.15) is 4.88 Å². The van der Waals surface area contributed by atoms with Crippen molar-refractivity contribution >= 4 is 28.8 Å². The van der Waals surface area contributed by atoms with Crippen LogP contribution in [0.3, 0.4) is 0 Å². The van der Waals surface area contributed by atoms with Crippen molar-refractivity contribution in [3.8, 4) is 16.9 Å². The van der Waals surface area contributed by atoms with Gasteiger partial charge in [-0.25, -0.2) is 0 Å². The van der Waals surface area contributed by atoms with E-state index in [2.05, 4.69) is 0 Å². The highest BCUT2D eigenvalue weighted by molar-refractivity contribution is 7.09. The van der Waals surface area contributed by atoms with Crippen molar-refractivity contribution < 1.29 is 9.53 Å². The first kappa shape index (κ1) is 17.5. The second-order valence-electron chi connectivity index (χ2n) is 5.63. The average Bonchev–Trinajstić information content (AvgIpc) is 3.14. The summed E-state index contributed by atoms with van der Waals surface area (Å²) in [5, 5.41) is 2.49. The topological polar surface area (TPSA) is 29.5 Å². The van der Waals surface area contributed by atoms with Crippen molar-refractivity contribution in [3.63, 3.8) is 0 Å². The summed E-state index contributed by atoms with van der Waals surface area (Å²) in [7, 11) is 1.77. The summed E-state index contributed by atoms with van der Waals surface area (Å²) >= 11 is 7.94. The van der Waals surface area contributed by atoms with Crippen LogP contribution >= 0.6 is 22.9 Å². The Labute approximate surface area is 156 Å². The third kappa shape index (κ3) is 4.62. The molecule has 0 radical (unpaired) electrons. The first-order chi connectivity index (χ1) is 12.1. The predicted molar refractivity (Wildman–Crippen MR) is 103 cm³/mol. The lowest BCUT2D eigenvalue weighted by molar-refractivity contribution is -0.132. The molecule has 3 nitrogen and oxygen atoms in total. The van der Waals surface area contributed by atoms with Gasteiger partial charge in [-0.1, -0.05) is 54.1 Å². The number of nitrogens with zero attached hydrogens (tertiary/aromatic N) is 1. The van der Waals surface area contributed by atoms with E-state index in [-0.39, 0.29) is 12.5 Å². The Morgan fingerprint density at radius 3 is 2.56 bits per heavy atom. The highest BCUT2D eigenvalue weighted by atomic mass is 35.5. The van der Waals surface area contributed by atoms with Crippen LogP contribution in [0.25, 0.3) is 11.1 Å². The molecule has 0 aliphatic rings. The number of carbonyl (C=O) groups excluding carboxylic acids is 1. The standard InChI is InChI=1S/C20H18ClNO2S/c1-22(13-17-8-5-11-25-17)20(23)14-24-19-10-9-16(12-18(19)21)15-6-3-2-4-7-15/h2-12H,13-14H2,1H3. The van der Waals surface area contributed by atoms with E-state index in [9.17, 15) is 4.79 Å². The molecule has 25 heavy (non-hydrogen) atoms. The number of carbonyl (C=O) groups is 1. The lowest BCUT2D eigenvalue weighted by atomic mass is 10.1. The number of ether oxygens (including phenoxy) is 1. The van der Waals surface area contributed by atoms with Gasteiger partial charge >= 0.3 is 0 Å². The number of hydrogen-bond donors (Lipinski definition) is 0. The zero-order chi connectivity index (χ0) is 17.6. The Balaban J connectivity index is 1.60. The van der Waals surface area contributed by atoms with Gasteiger partial charge in [0.25, 0.3) is 5.91 Å². The molecule has 0 spiro atoms. The normalized spacial score (nSPS) is 10.5. The van der Waals surface area contributed by atoms with Gasteiger partial charge in [0.15, 0.2) is 6.61 Å². The Morgan fingerprint density at radius 1 is 1.08 bits per heavy atom. The van der Waals surface area contributed by atoms with Crippen LogP contribution in [0.15, 0.2) is 66.0 Å². The lowest BCUT2D eigenvalue weighted by Crippen LogP contribution is -2.30. The van der Waals surface area contributed by atoms with Crippen LogP contribution in [-0.2, 0) is 11.3 Å². The molecule has 1 heterocycles. The van der Waals surface area contributed by atoms with E-state index in [0.717, 1.165) is 16.0 Å². The maximum absolute atomic E-state index is 12.2. The van der Waals surface area contributed by atoms with Crippen molar-refractivity contribution in [2.75, 3.05) is 13.7 Å². The number of halogens is 1. The van der Waals surface area contributed by atoms with Crippen LogP contribution in [-0.4, -0.2) is 24.5 Å². The van der Waals surface area contributed by atoms with Crippen molar-refractivity contribution in [1.82, 2.24) is 4.90 Å². The first-order valence-electron chi connectivity index (χ1n) is 7.87. The molecule has 3 rings (SSSR count). The molecule has 1 aromatic heterocycles. The van der Waals surface area contributed by atoms with Crippen LogP contribution in [0.4, 0.5) is 0 Å². The van der Waals surface area contributed by atoms with Crippen LogP contribution in [0.5, 0.6) is 5.75 Å². The molecule has 0 N–H and O–H groups in total. The fourth-order valence-corrected chi connectivity index (χ4v) is 3.39. The minimum absolute atomic E-state index is 0.0354. The lowest BCUT2D eigenvalue weighted by Gasteiger charge is -2.17. The van der Waals surface area contributed by atoms with Gasteiger partial charge in [0, 0.05) is 11.9 Å². The second kappa shape index (κ2) is 8.19. The molecular formula is C20H18ClNO2S. The molecule has 0 unspecified atom stereocenters. The first-order valence-corrected chi connectivity index (χ1v) is 9.13. The number of amides is 1. The van der Waals surface area contributed by atoms with E-state index in [1.165, 1.54) is 0 Å². The van der Waals surface area contributed by atoms with Gasteiger partial charge in [-0.3, -0.25) is 4.79 Å². The van der Waals surface area contributed by atoms with E-state index in [1.54, 1.807) is 29.4 Å². The zero-order valence-corrected chi connectivity index (χ0v) is 15.4. The quantitative estimate of drug-likeness (QED) is 0.602. The summed E-state index contributed by atoms with van der Waals surface area (Å²) in [6.07, 6.45) is 0. The maximum atomic E-state index is 12.2. The minimum atomic E-state index is -0.0865. The maximum Gasteiger partial charge on any atom is 0.260 e. The molecule has 0 saturated carbocycles. The molecular weight excluding hydrogens is 354 g/mol. The van der Waals surface area contributed by atoms with E-state index < -0.39 is 0 Å². The number of benzene rings is 2. The van der Waals surface area contributed by atoms with Gasteiger partial charge in [-0.05, 0) is 34.7 Å². The zero-order valence-electron chi connectivity index (χ0n) is 13.8. The van der Waals surface area contributed by atoms with Gasteiger partial charge in [-0.15, -0.1) is 11.3 Å². The van der Waals surface area contributed by atoms with Crippen LogP contribution in [0, 0.1) is 0 Å². The molecule has 3 aromatic rings. The van der Waals surface area contributed by atoms with E-state index >= 15 is 0 Å².